The quantitative estimate of drug-likeness (QED) is 0.684. The van der Waals surface area contributed by atoms with Crippen LogP contribution in [0, 0.1) is 0 Å². The number of fused-ring (bicyclic) bond motifs is 2. The lowest BCUT2D eigenvalue weighted by Crippen LogP contribution is -2.05. The van der Waals surface area contributed by atoms with Gasteiger partial charge in [0.2, 0.25) is 0 Å². The van der Waals surface area contributed by atoms with E-state index in [1.54, 1.807) is 0 Å². The van der Waals surface area contributed by atoms with Crippen LogP contribution in [-0.2, 0) is 13.0 Å². The van der Waals surface area contributed by atoms with Crippen LogP contribution < -0.4 is 11.5 Å². The van der Waals surface area contributed by atoms with Crippen LogP contribution >= 0.6 is 0 Å². The van der Waals surface area contributed by atoms with Crippen LogP contribution in [0.25, 0.3) is 28.0 Å². The number of anilines is 1. The monoisotopic (exact) mass is 300 g/mol. The maximum Gasteiger partial charge on any atom is 0.0400 e. The average Bonchev–Trinajstić information content (AvgIpc) is 2.61. The zero-order valence-electron chi connectivity index (χ0n) is 13.0. The number of hydrogen-bond acceptors (Lipinski definition) is 2. The number of allylic oxidation sites excluding steroid dienone is 1. The fourth-order valence-corrected chi connectivity index (χ4v) is 3.59. The van der Waals surface area contributed by atoms with Crippen molar-refractivity contribution in [3.63, 3.8) is 0 Å². The summed E-state index contributed by atoms with van der Waals surface area (Å²) >= 11 is 0. The van der Waals surface area contributed by atoms with Gasteiger partial charge in [-0.05, 0) is 51.9 Å². The fourth-order valence-electron chi connectivity index (χ4n) is 3.59. The summed E-state index contributed by atoms with van der Waals surface area (Å²) in [6.07, 6.45) is 6.61. The van der Waals surface area contributed by atoms with Crippen LogP contribution in [0.1, 0.15) is 23.1 Å². The topological polar surface area (TPSA) is 52.0 Å². The molecule has 0 saturated carbocycles. The lowest BCUT2D eigenvalue weighted by Gasteiger charge is -2.21. The highest BCUT2D eigenvalue weighted by molar-refractivity contribution is 6.03. The lowest BCUT2D eigenvalue weighted by molar-refractivity contribution is 0.986. The van der Waals surface area contributed by atoms with Crippen molar-refractivity contribution < 1.29 is 0 Å². The summed E-state index contributed by atoms with van der Waals surface area (Å²) in [5, 5.41) is 2.44. The summed E-state index contributed by atoms with van der Waals surface area (Å²) in [5.74, 6) is 0. The van der Waals surface area contributed by atoms with E-state index in [0.29, 0.717) is 6.54 Å². The summed E-state index contributed by atoms with van der Waals surface area (Å²) in [7, 11) is 0. The molecule has 2 nitrogen and oxygen atoms in total. The van der Waals surface area contributed by atoms with Gasteiger partial charge in [-0.1, -0.05) is 54.6 Å². The Kier molecular flexibility index (Phi) is 3.40. The third-order valence-electron chi connectivity index (χ3n) is 4.72. The Hall–Kier alpha value is -2.58. The van der Waals surface area contributed by atoms with Gasteiger partial charge in [0.25, 0.3) is 0 Å². The molecular formula is C21H20N2. The van der Waals surface area contributed by atoms with Gasteiger partial charge in [0.15, 0.2) is 0 Å². The largest absolute Gasteiger partial charge is 0.398 e. The molecule has 4 rings (SSSR count). The van der Waals surface area contributed by atoms with Crippen LogP contribution in [0.5, 0.6) is 0 Å². The average molecular weight is 300 g/mol. The van der Waals surface area contributed by atoms with Gasteiger partial charge in [-0.25, -0.2) is 0 Å². The van der Waals surface area contributed by atoms with Crippen molar-refractivity contribution in [3.8, 4) is 11.1 Å². The Morgan fingerprint density at radius 2 is 1.78 bits per heavy atom. The molecule has 1 aliphatic rings. The molecule has 0 amide bonds. The van der Waals surface area contributed by atoms with Crippen molar-refractivity contribution >= 4 is 22.5 Å². The first-order valence-corrected chi connectivity index (χ1v) is 8.08. The first-order valence-electron chi connectivity index (χ1n) is 8.08. The Bertz CT molecular complexity index is 923. The summed E-state index contributed by atoms with van der Waals surface area (Å²) in [6, 6.07) is 16.9. The predicted molar refractivity (Wildman–Crippen MR) is 99.0 cm³/mol. The van der Waals surface area contributed by atoms with Crippen molar-refractivity contribution in [2.24, 2.45) is 5.73 Å². The first kappa shape index (κ1) is 14.0. The zero-order chi connectivity index (χ0) is 15.8. The standard InChI is InChI=1S/C21H20N2/c22-13-16-10-9-14-5-1-3-7-17(14)20(16)21-18-8-4-2-6-15(18)11-12-19(21)23/h1,3-5,7-12H,2,6,13,22-23H2. The van der Waals surface area contributed by atoms with E-state index in [1.807, 2.05) is 6.07 Å². The second-order valence-corrected chi connectivity index (χ2v) is 6.07. The van der Waals surface area contributed by atoms with Crippen molar-refractivity contribution in [2.75, 3.05) is 5.73 Å². The van der Waals surface area contributed by atoms with Crippen LogP contribution in [0.4, 0.5) is 5.69 Å². The van der Waals surface area contributed by atoms with E-state index in [4.69, 9.17) is 11.5 Å². The molecule has 23 heavy (non-hydrogen) atoms. The molecule has 0 atom stereocenters. The van der Waals surface area contributed by atoms with Gasteiger partial charge in [0, 0.05) is 17.8 Å². The molecule has 0 aromatic heterocycles. The number of rotatable bonds is 2. The van der Waals surface area contributed by atoms with E-state index < -0.39 is 0 Å². The summed E-state index contributed by atoms with van der Waals surface area (Å²) < 4.78 is 0. The summed E-state index contributed by atoms with van der Waals surface area (Å²) in [6.45, 7) is 0.507. The van der Waals surface area contributed by atoms with Crippen molar-refractivity contribution in [1.82, 2.24) is 0 Å². The lowest BCUT2D eigenvalue weighted by atomic mass is 9.85. The molecule has 114 valence electrons. The molecule has 1 aliphatic carbocycles. The molecule has 0 fully saturated rings. The Balaban J connectivity index is 2.13. The molecule has 0 saturated heterocycles. The number of nitrogens with two attached hydrogens (primary N) is 2. The smallest absolute Gasteiger partial charge is 0.0400 e. The highest BCUT2D eigenvalue weighted by Crippen LogP contribution is 2.40. The molecule has 0 heterocycles. The van der Waals surface area contributed by atoms with Crippen molar-refractivity contribution in [1.29, 1.82) is 0 Å². The first-order chi connectivity index (χ1) is 11.3. The van der Waals surface area contributed by atoms with Gasteiger partial charge >= 0.3 is 0 Å². The normalized spacial score (nSPS) is 13.3. The van der Waals surface area contributed by atoms with E-state index in [9.17, 15) is 0 Å². The maximum atomic E-state index is 6.42. The highest BCUT2D eigenvalue weighted by Gasteiger charge is 2.18. The second kappa shape index (κ2) is 5.56. The fraction of sp³-hybridized carbons (Fsp3) is 0.143. The van der Waals surface area contributed by atoms with E-state index in [1.165, 1.54) is 27.5 Å². The van der Waals surface area contributed by atoms with Crippen molar-refractivity contribution in [3.05, 3.63) is 71.3 Å². The van der Waals surface area contributed by atoms with E-state index in [-0.39, 0.29) is 0 Å². The third kappa shape index (κ3) is 2.23. The Morgan fingerprint density at radius 3 is 2.65 bits per heavy atom. The van der Waals surface area contributed by atoms with E-state index >= 15 is 0 Å². The van der Waals surface area contributed by atoms with Gasteiger partial charge < -0.3 is 11.5 Å². The second-order valence-electron chi connectivity index (χ2n) is 6.07. The zero-order valence-corrected chi connectivity index (χ0v) is 13.0. The molecule has 0 unspecified atom stereocenters. The summed E-state index contributed by atoms with van der Waals surface area (Å²) in [4.78, 5) is 0. The highest BCUT2D eigenvalue weighted by atomic mass is 14.6. The Morgan fingerprint density at radius 1 is 0.913 bits per heavy atom. The van der Waals surface area contributed by atoms with E-state index in [2.05, 4.69) is 54.6 Å². The minimum absolute atomic E-state index is 0.507. The Labute approximate surface area is 136 Å². The number of benzene rings is 3. The summed E-state index contributed by atoms with van der Waals surface area (Å²) in [5.41, 5.74) is 19.4. The van der Waals surface area contributed by atoms with Gasteiger partial charge in [0.05, 0.1) is 0 Å². The van der Waals surface area contributed by atoms with Gasteiger partial charge in [-0.2, -0.15) is 0 Å². The number of hydrogen-bond donors (Lipinski definition) is 2. The van der Waals surface area contributed by atoms with E-state index in [0.717, 1.165) is 29.7 Å². The minimum atomic E-state index is 0.507. The van der Waals surface area contributed by atoms with Crippen LogP contribution in [-0.4, -0.2) is 0 Å². The minimum Gasteiger partial charge on any atom is -0.398 e. The number of nitrogen functional groups attached to an aromatic ring is 1. The molecule has 0 radical (unpaired) electrons. The van der Waals surface area contributed by atoms with Crippen molar-refractivity contribution in [2.45, 2.75) is 19.4 Å². The predicted octanol–water partition coefficient (Wildman–Crippen LogP) is 4.51. The van der Waals surface area contributed by atoms with Crippen LogP contribution in [0.15, 0.2) is 54.6 Å². The molecule has 4 N–H and O–H groups in total. The van der Waals surface area contributed by atoms with Gasteiger partial charge in [0.1, 0.15) is 0 Å². The molecule has 3 aromatic carbocycles. The molecule has 0 spiro atoms. The van der Waals surface area contributed by atoms with Crippen LogP contribution in [0.3, 0.4) is 0 Å². The third-order valence-corrected chi connectivity index (χ3v) is 4.72. The maximum absolute atomic E-state index is 6.42. The molecule has 3 aromatic rings. The molecule has 2 heteroatoms. The molecule has 0 bridgehead atoms. The number of aryl methyl sites for hydroxylation is 1. The molecular weight excluding hydrogens is 280 g/mol. The molecule has 0 aliphatic heterocycles. The SMILES string of the molecule is NCc1ccc2ccccc2c1-c1c(N)ccc2c1C=CCC2. The van der Waals surface area contributed by atoms with Crippen LogP contribution in [0.2, 0.25) is 0 Å². The van der Waals surface area contributed by atoms with Gasteiger partial charge in [-0.3, -0.25) is 0 Å². The van der Waals surface area contributed by atoms with Gasteiger partial charge in [-0.15, -0.1) is 0 Å².